The molecule has 0 spiro atoms. The van der Waals surface area contributed by atoms with Crippen molar-refractivity contribution in [3.8, 4) is 0 Å². The van der Waals surface area contributed by atoms with E-state index < -0.39 is 0 Å². The molecule has 0 saturated carbocycles. The topological polar surface area (TPSA) is 24.9 Å². The molecule has 94 valence electrons. The molecule has 1 fully saturated rings. The second-order valence-corrected chi connectivity index (χ2v) is 6.62. The number of hydrogen-bond acceptors (Lipinski definition) is 3. The summed E-state index contributed by atoms with van der Waals surface area (Å²) in [7, 11) is 0. The Balaban J connectivity index is 2.32. The highest BCUT2D eigenvalue weighted by Gasteiger charge is 2.38. The summed E-state index contributed by atoms with van der Waals surface area (Å²) < 4.78 is 0.323. The van der Waals surface area contributed by atoms with Crippen molar-refractivity contribution in [3.63, 3.8) is 0 Å². The van der Waals surface area contributed by atoms with Crippen LogP contribution in [-0.4, -0.2) is 22.0 Å². The van der Waals surface area contributed by atoms with E-state index in [0.29, 0.717) is 10.8 Å². The van der Waals surface area contributed by atoms with Gasteiger partial charge in [0.1, 0.15) is 0 Å². The second kappa shape index (κ2) is 5.40. The highest BCUT2D eigenvalue weighted by molar-refractivity contribution is 8.00. The van der Waals surface area contributed by atoms with Crippen molar-refractivity contribution in [2.24, 2.45) is 0 Å². The fraction of sp³-hybridized carbons (Fsp3) is 0.643. The van der Waals surface area contributed by atoms with Crippen molar-refractivity contribution in [1.82, 2.24) is 10.3 Å². The van der Waals surface area contributed by atoms with Gasteiger partial charge in [-0.25, -0.2) is 0 Å². The number of aromatic nitrogens is 1. The Labute approximate surface area is 109 Å². The molecule has 0 aromatic carbocycles. The zero-order valence-electron chi connectivity index (χ0n) is 11.0. The number of pyridine rings is 1. The minimum atomic E-state index is 0.323. The maximum atomic E-state index is 4.30. The molecule has 1 aliphatic heterocycles. The van der Waals surface area contributed by atoms with Crippen molar-refractivity contribution < 1.29 is 0 Å². The molecule has 0 radical (unpaired) electrons. The first-order chi connectivity index (χ1) is 8.17. The molecule has 0 amide bonds. The van der Waals surface area contributed by atoms with Crippen LogP contribution in [0.25, 0.3) is 0 Å². The fourth-order valence-electron chi connectivity index (χ4n) is 2.67. The first-order valence-corrected chi connectivity index (χ1v) is 7.44. The summed E-state index contributed by atoms with van der Waals surface area (Å²) in [5, 5.41) is 3.66. The average Bonchev–Trinajstić information content (AvgIpc) is 2.75. The lowest BCUT2D eigenvalue weighted by Gasteiger charge is -2.35. The maximum Gasteiger partial charge on any atom is 0.0484 e. The van der Waals surface area contributed by atoms with Crippen LogP contribution >= 0.6 is 11.8 Å². The summed E-state index contributed by atoms with van der Waals surface area (Å²) in [5.41, 5.74) is 2.71. The van der Waals surface area contributed by atoms with Gasteiger partial charge in [0, 0.05) is 23.2 Å². The molecule has 1 saturated heterocycles. The van der Waals surface area contributed by atoms with Gasteiger partial charge in [0.2, 0.25) is 0 Å². The molecule has 1 N–H and O–H groups in total. The van der Waals surface area contributed by atoms with Gasteiger partial charge in [0.05, 0.1) is 0 Å². The van der Waals surface area contributed by atoms with Gasteiger partial charge in [0.25, 0.3) is 0 Å². The van der Waals surface area contributed by atoms with Crippen molar-refractivity contribution in [2.45, 2.75) is 44.4 Å². The summed E-state index contributed by atoms with van der Waals surface area (Å²) in [6.07, 6.45) is 6.55. The van der Waals surface area contributed by atoms with E-state index in [2.05, 4.69) is 48.9 Å². The summed E-state index contributed by atoms with van der Waals surface area (Å²) in [4.78, 5) is 4.30. The molecule has 2 heterocycles. The molecule has 2 unspecified atom stereocenters. The molecule has 1 aliphatic rings. The van der Waals surface area contributed by atoms with Gasteiger partial charge in [-0.3, -0.25) is 4.98 Å². The van der Waals surface area contributed by atoms with E-state index in [1.807, 2.05) is 12.4 Å². The molecular weight excluding hydrogens is 228 g/mol. The number of hydrogen-bond donors (Lipinski definition) is 1. The van der Waals surface area contributed by atoms with E-state index in [4.69, 9.17) is 0 Å². The van der Waals surface area contributed by atoms with Crippen LogP contribution in [0.4, 0.5) is 0 Å². The van der Waals surface area contributed by atoms with Crippen LogP contribution < -0.4 is 5.32 Å². The predicted molar refractivity (Wildman–Crippen MR) is 75.5 cm³/mol. The van der Waals surface area contributed by atoms with Crippen LogP contribution in [-0.2, 0) is 0 Å². The first-order valence-electron chi connectivity index (χ1n) is 6.45. The predicted octanol–water partition coefficient (Wildman–Crippen LogP) is 3.33. The fourth-order valence-corrected chi connectivity index (χ4v) is 4.09. The van der Waals surface area contributed by atoms with Crippen LogP contribution in [0.2, 0.25) is 0 Å². The van der Waals surface area contributed by atoms with Gasteiger partial charge in [-0.05, 0) is 56.2 Å². The molecule has 0 bridgehead atoms. The zero-order chi connectivity index (χ0) is 12.3. The molecule has 2 atom stereocenters. The Hall–Kier alpha value is -0.540. The van der Waals surface area contributed by atoms with Crippen LogP contribution in [0.1, 0.15) is 43.9 Å². The van der Waals surface area contributed by atoms with Gasteiger partial charge < -0.3 is 5.32 Å². The SMILES string of the molecule is CCNC(c1cnccc1C)C1(C)CCCS1. The Bertz CT molecular complexity index is 372. The van der Waals surface area contributed by atoms with E-state index in [0.717, 1.165) is 6.54 Å². The van der Waals surface area contributed by atoms with E-state index in [-0.39, 0.29) is 0 Å². The summed E-state index contributed by atoms with van der Waals surface area (Å²) >= 11 is 2.11. The highest BCUT2D eigenvalue weighted by Crippen LogP contribution is 2.46. The number of aryl methyl sites for hydroxylation is 1. The van der Waals surface area contributed by atoms with Gasteiger partial charge >= 0.3 is 0 Å². The monoisotopic (exact) mass is 250 g/mol. The first kappa shape index (κ1) is 12.9. The number of thioether (sulfide) groups is 1. The Morgan fingerprint density at radius 2 is 2.41 bits per heavy atom. The van der Waals surface area contributed by atoms with Crippen LogP contribution in [0.5, 0.6) is 0 Å². The van der Waals surface area contributed by atoms with Gasteiger partial charge in [-0.1, -0.05) is 6.92 Å². The van der Waals surface area contributed by atoms with E-state index in [1.54, 1.807) is 0 Å². The Kier molecular flexibility index (Phi) is 4.10. The molecule has 3 heteroatoms. The lowest BCUT2D eigenvalue weighted by Crippen LogP contribution is -2.38. The summed E-state index contributed by atoms with van der Waals surface area (Å²) in [6.45, 7) is 7.77. The maximum absolute atomic E-state index is 4.30. The van der Waals surface area contributed by atoms with Crippen LogP contribution in [0, 0.1) is 6.92 Å². The highest BCUT2D eigenvalue weighted by atomic mass is 32.2. The van der Waals surface area contributed by atoms with Crippen LogP contribution in [0.15, 0.2) is 18.5 Å². The van der Waals surface area contributed by atoms with Crippen molar-refractivity contribution in [3.05, 3.63) is 29.6 Å². The van der Waals surface area contributed by atoms with Crippen LogP contribution in [0.3, 0.4) is 0 Å². The zero-order valence-corrected chi connectivity index (χ0v) is 11.8. The summed E-state index contributed by atoms with van der Waals surface area (Å²) in [5.74, 6) is 1.29. The standard InChI is InChI=1S/C14H22N2S/c1-4-16-13(14(3)7-5-9-17-14)12-10-15-8-6-11(12)2/h6,8,10,13,16H,4-5,7,9H2,1-3H3. The average molecular weight is 250 g/mol. The summed E-state index contributed by atoms with van der Waals surface area (Å²) in [6, 6.07) is 2.54. The van der Waals surface area contributed by atoms with Gasteiger partial charge in [-0.15, -0.1) is 0 Å². The molecule has 1 aromatic rings. The third-order valence-electron chi connectivity index (χ3n) is 3.66. The minimum Gasteiger partial charge on any atom is -0.309 e. The Morgan fingerprint density at radius 1 is 1.59 bits per heavy atom. The van der Waals surface area contributed by atoms with Crippen molar-refractivity contribution in [2.75, 3.05) is 12.3 Å². The molecule has 2 nitrogen and oxygen atoms in total. The minimum absolute atomic E-state index is 0.323. The number of nitrogens with one attached hydrogen (secondary N) is 1. The lowest BCUT2D eigenvalue weighted by atomic mass is 9.89. The molecule has 1 aromatic heterocycles. The van der Waals surface area contributed by atoms with E-state index in [1.165, 1.54) is 29.7 Å². The van der Waals surface area contributed by atoms with Crippen molar-refractivity contribution >= 4 is 11.8 Å². The van der Waals surface area contributed by atoms with Crippen molar-refractivity contribution in [1.29, 1.82) is 0 Å². The second-order valence-electron chi connectivity index (χ2n) is 4.99. The van der Waals surface area contributed by atoms with Gasteiger partial charge in [-0.2, -0.15) is 11.8 Å². The van der Waals surface area contributed by atoms with Gasteiger partial charge in [0.15, 0.2) is 0 Å². The third-order valence-corrected chi connectivity index (χ3v) is 5.25. The lowest BCUT2D eigenvalue weighted by molar-refractivity contribution is 0.419. The van der Waals surface area contributed by atoms with E-state index in [9.17, 15) is 0 Å². The molecule has 17 heavy (non-hydrogen) atoms. The molecule has 2 rings (SSSR count). The normalized spacial score (nSPS) is 26.1. The smallest absolute Gasteiger partial charge is 0.0484 e. The largest absolute Gasteiger partial charge is 0.309 e. The molecular formula is C14H22N2S. The number of rotatable bonds is 4. The third kappa shape index (κ3) is 2.66. The number of nitrogens with zero attached hydrogens (tertiary/aromatic N) is 1. The quantitative estimate of drug-likeness (QED) is 0.887. The van der Waals surface area contributed by atoms with E-state index >= 15 is 0 Å². The Morgan fingerprint density at radius 3 is 3.00 bits per heavy atom. The molecule has 0 aliphatic carbocycles.